The van der Waals surface area contributed by atoms with Crippen molar-refractivity contribution in [1.29, 1.82) is 4.78 Å². The molecule has 5 nitrogen and oxygen atoms in total. The Kier molecular flexibility index (Phi) is 5.16. The van der Waals surface area contributed by atoms with Gasteiger partial charge in [0.25, 0.3) is 0 Å². The van der Waals surface area contributed by atoms with Gasteiger partial charge < -0.3 is 9.64 Å². The molecule has 1 aliphatic carbocycles. The fourth-order valence-corrected chi connectivity index (χ4v) is 4.90. The van der Waals surface area contributed by atoms with E-state index in [-0.39, 0.29) is 23.0 Å². The van der Waals surface area contributed by atoms with Crippen LogP contribution in [0.3, 0.4) is 0 Å². The predicted molar refractivity (Wildman–Crippen MR) is 98.3 cm³/mol. The molecule has 0 radical (unpaired) electrons. The molecule has 162 valence electrons. The number of nitrogens with one attached hydrogen (secondary N) is 1. The molecule has 1 aromatic carbocycles. The highest BCUT2D eigenvalue weighted by Crippen LogP contribution is 2.53. The molecule has 1 amide bonds. The van der Waals surface area contributed by atoms with E-state index in [9.17, 15) is 26.6 Å². The molecule has 1 unspecified atom stereocenters. The summed E-state index contributed by atoms with van der Waals surface area (Å²) in [6.07, 6.45) is 1.60. The average molecular weight is 436 g/mol. The van der Waals surface area contributed by atoms with E-state index < -0.39 is 31.6 Å². The lowest BCUT2D eigenvalue weighted by Gasteiger charge is -2.59. The summed E-state index contributed by atoms with van der Waals surface area (Å²) in [6, 6.07) is 2.66. The SMILES string of the molecule is CC(C)(C)OC(=O)N1CC2(CC(Cc3ccc(S(=N)(=O)C(F)(F)F)cc3F)C2)C1. The van der Waals surface area contributed by atoms with Crippen molar-refractivity contribution >= 4 is 15.8 Å². The van der Waals surface area contributed by atoms with E-state index >= 15 is 0 Å². The number of carbonyl (C=O) groups is 1. The van der Waals surface area contributed by atoms with Crippen LogP contribution in [0.25, 0.3) is 0 Å². The van der Waals surface area contributed by atoms with Gasteiger partial charge in [0.15, 0.2) is 9.73 Å². The molecule has 1 saturated heterocycles. The van der Waals surface area contributed by atoms with E-state index in [0.717, 1.165) is 18.9 Å². The molecular formula is C19H24F4N2O3S. The number of rotatable bonds is 3. The fourth-order valence-electron chi connectivity index (χ4n) is 4.10. The van der Waals surface area contributed by atoms with Crippen molar-refractivity contribution in [2.75, 3.05) is 13.1 Å². The molecule has 2 fully saturated rings. The van der Waals surface area contributed by atoms with Gasteiger partial charge in [-0.1, -0.05) is 6.07 Å². The summed E-state index contributed by atoms with van der Waals surface area (Å²) >= 11 is 0. The molecule has 1 aromatic rings. The second-order valence-electron chi connectivity index (χ2n) is 9.07. The maximum Gasteiger partial charge on any atom is 0.483 e. The van der Waals surface area contributed by atoms with E-state index in [1.165, 1.54) is 6.07 Å². The van der Waals surface area contributed by atoms with Crippen molar-refractivity contribution in [1.82, 2.24) is 4.90 Å². The summed E-state index contributed by atoms with van der Waals surface area (Å²) in [5.41, 5.74) is -5.54. The summed E-state index contributed by atoms with van der Waals surface area (Å²) in [7, 11) is -5.07. The number of amides is 1. The van der Waals surface area contributed by atoms with Crippen molar-refractivity contribution in [3.05, 3.63) is 29.6 Å². The minimum Gasteiger partial charge on any atom is -0.444 e. The smallest absolute Gasteiger partial charge is 0.444 e. The summed E-state index contributed by atoms with van der Waals surface area (Å²) in [6.45, 7) is 6.58. The van der Waals surface area contributed by atoms with Gasteiger partial charge in [-0.3, -0.25) is 0 Å². The number of carbonyl (C=O) groups excluding carboxylic acids is 1. The Hall–Kier alpha value is -1.84. The molecular weight excluding hydrogens is 412 g/mol. The number of hydrogen-bond acceptors (Lipinski definition) is 4. The van der Waals surface area contributed by atoms with Crippen molar-refractivity contribution in [3.63, 3.8) is 0 Å². The molecule has 0 aromatic heterocycles. The molecule has 3 rings (SSSR count). The van der Waals surface area contributed by atoms with E-state index in [2.05, 4.69) is 0 Å². The van der Waals surface area contributed by atoms with Crippen LogP contribution in [0.15, 0.2) is 23.1 Å². The van der Waals surface area contributed by atoms with Crippen LogP contribution < -0.4 is 0 Å². The van der Waals surface area contributed by atoms with Crippen LogP contribution in [-0.4, -0.2) is 39.4 Å². The molecule has 1 N–H and O–H groups in total. The van der Waals surface area contributed by atoms with Gasteiger partial charge in [-0.25, -0.2) is 18.2 Å². The number of likely N-dealkylation sites (tertiary alicyclic amines) is 1. The minimum absolute atomic E-state index is 0.0176. The molecule has 29 heavy (non-hydrogen) atoms. The molecule has 1 atom stereocenters. The Morgan fingerprint density at radius 1 is 1.28 bits per heavy atom. The Morgan fingerprint density at radius 3 is 2.34 bits per heavy atom. The number of hydrogen-bond donors (Lipinski definition) is 1. The third kappa shape index (κ3) is 4.36. The lowest BCUT2D eigenvalue weighted by atomic mass is 9.56. The second-order valence-corrected chi connectivity index (χ2v) is 11.1. The maximum absolute atomic E-state index is 14.3. The van der Waals surface area contributed by atoms with Crippen LogP contribution in [0.1, 0.15) is 39.2 Å². The highest BCUT2D eigenvalue weighted by Gasteiger charge is 2.54. The molecule has 10 heteroatoms. The van der Waals surface area contributed by atoms with Crippen molar-refractivity contribution < 1.29 is 31.3 Å². The zero-order valence-electron chi connectivity index (χ0n) is 16.4. The highest BCUT2D eigenvalue weighted by molar-refractivity contribution is 7.93. The standard InChI is InChI=1S/C19H24F4N2O3S/c1-17(2,3)28-16(26)25-10-18(11-25)8-12(9-18)6-13-4-5-14(7-15(13)20)29(24,27)19(21,22)23/h4-5,7,12,24H,6,8-11H2,1-3H3. The van der Waals surface area contributed by atoms with Crippen molar-refractivity contribution in [2.24, 2.45) is 11.3 Å². The number of nitrogens with zero attached hydrogens (tertiary/aromatic N) is 1. The van der Waals surface area contributed by atoms with E-state index in [1.807, 2.05) is 0 Å². The Morgan fingerprint density at radius 2 is 1.86 bits per heavy atom. The first-order valence-electron chi connectivity index (χ1n) is 9.23. The lowest BCUT2D eigenvalue weighted by Crippen LogP contribution is -2.64. The van der Waals surface area contributed by atoms with Gasteiger partial charge in [-0.2, -0.15) is 13.2 Å². The monoisotopic (exact) mass is 436 g/mol. The summed E-state index contributed by atoms with van der Waals surface area (Å²) in [5, 5.41) is 0. The summed E-state index contributed by atoms with van der Waals surface area (Å²) < 4.78 is 76.4. The van der Waals surface area contributed by atoms with Crippen LogP contribution in [0, 0.1) is 21.9 Å². The molecule has 0 bridgehead atoms. The van der Waals surface area contributed by atoms with E-state index in [0.29, 0.717) is 25.6 Å². The quantitative estimate of drug-likeness (QED) is 0.683. The maximum atomic E-state index is 14.3. The molecule has 1 spiro atoms. The van der Waals surface area contributed by atoms with Gasteiger partial charge in [0.05, 0.1) is 4.90 Å². The first kappa shape index (κ1) is 21.9. The van der Waals surface area contributed by atoms with Crippen LogP contribution in [0.2, 0.25) is 0 Å². The van der Waals surface area contributed by atoms with Gasteiger partial charge in [0.2, 0.25) is 0 Å². The third-order valence-electron chi connectivity index (χ3n) is 5.34. The number of halogens is 4. The zero-order valence-corrected chi connectivity index (χ0v) is 17.3. The van der Waals surface area contributed by atoms with Crippen molar-refractivity contribution in [3.8, 4) is 0 Å². The Labute approximate surface area is 167 Å². The van der Waals surface area contributed by atoms with E-state index in [1.54, 1.807) is 25.7 Å². The molecule has 1 heterocycles. The largest absolute Gasteiger partial charge is 0.483 e. The summed E-state index contributed by atoms with van der Waals surface area (Å²) in [4.78, 5) is 12.8. The topological polar surface area (TPSA) is 70.5 Å². The first-order chi connectivity index (χ1) is 13.1. The molecule has 1 saturated carbocycles. The molecule has 1 aliphatic heterocycles. The van der Waals surface area contributed by atoms with Gasteiger partial charge in [0.1, 0.15) is 11.4 Å². The number of alkyl halides is 3. The third-order valence-corrected chi connectivity index (χ3v) is 6.91. The first-order valence-corrected chi connectivity index (χ1v) is 10.8. The Bertz CT molecular complexity index is 908. The van der Waals surface area contributed by atoms with Gasteiger partial charge in [-0.15, -0.1) is 0 Å². The van der Waals surface area contributed by atoms with Gasteiger partial charge in [0, 0.05) is 18.5 Å². The van der Waals surface area contributed by atoms with Gasteiger partial charge >= 0.3 is 11.6 Å². The Balaban J connectivity index is 1.55. The number of benzene rings is 1. The van der Waals surface area contributed by atoms with Crippen LogP contribution >= 0.6 is 0 Å². The molecule has 2 aliphatic rings. The minimum atomic E-state index is -5.24. The van der Waals surface area contributed by atoms with E-state index in [4.69, 9.17) is 9.52 Å². The fraction of sp³-hybridized carbons (Fsp3) is 0.632. The number of ether oxygens (including phenoxy) is 1. The normalized spacial score (nSPS) is 21.3. The lowest BCUT2D eigenvalue weighted by molar-refractivity contribution is -0.0948. The van der Waals surface area contributed by atoms with Crippen molar-refractivity contribution in [2.45, 2.75) is 56.0 Å². The second kappa shape index (κ2) is 6.85. The van der Waals surface area contributed by atoms with Crippen LogP contribution in [-0.2, 0) is 20.9 Å². The van der Waals surface area contributed by atoms with Gasteiger partial charge in [-0.05, 0) is 63.6 Å². The highest BCUT2D eigenvalue weighted by atomic mass is 32.2. The predicted octanol–water partition coefficient (Wildman–Crippen LogP) is 4.94. The average Bonchev–Trinajstić information content (AvgIpc) is 2.46. The summed E-state index contributed by atoms with van der Waals surface area (Å²) in [5.74, 6) is -0.712. The zero-order chi connectivity index (χ0) is 21.8. The van der Waals surface area contributed by atoms with Crippen LogP contribution in [0.4, 0.5) is 22.4 Å². The van der Waals surface area contributed by atoms with Crippen LogP contribution in [0.5, 0.6) is 0 Å².